The fourth-order valence-electron chi connectivity index (χ4n) is 3.52. The van der Waals surface area contributed by atoms with Gasteiger partial charge < -0.3 is 19.7 Å². The summed E-state index contributed by atoms with van der Waals surface area (Å²) in [7, 11) is 1.68. The molecular formula is C23H28F6N4O6. The van der Waals surface area contributed by atoms with Crippen molar-refractivity contribution < 1.29 is 55.6 Å². The van der Waals surface area contributed by atoms with Gasteiger partial charge in [0.25, 0.3) is 0 Å². The molecule has 3 heterocycles. The predicted octanol–water partition coefficient (Wildman–Crippen LogP) is 3.93. The first-order valence-corrected chi connectivity index (χ1v) is 11.6. The fourth-order valence-corrected chi connectivity index (χ4v) is 3.52. The number of aliphatic carboxylic acids is 2. The topological polar surface area (TPSA) is 127 Å². The van der Waals surface area contributed by atoms with Gasteiger partial charge in [-0.05, 0) is 37.3 Å². The molecule has 2 N–H and O–H groups in total. The Kier molecular flexibility index (Phi) is 11.5. The Balaban J connectivity index is 0.000000317. The third kappa shape index (κ3) is 11.1. The van der Waals surface area contributed by atoms with Crippen LogP contribution in [0.2, 0.25) is 0 Å². The fraction of sp³-hybridized carbons (Fsp3) is 0.565. The second kappa shape index (κ2) is 14.1. The number of pyridine rings is 1. The van der Waals surface area contributed by atoms with E-state index in [9.17, 15) is 26.3 Å². The summed E-state index contributed by atoms with van der Waals surface area (Å²) < 4.78 is 76.9. The molecule has 218 valence electrons. The number of rotatable bonds is 8. The monoisotopic (exact) mass is 570 g/mol. The molecule has 16 heteroatoms. The third-order valence-corrected chi connectivity index (χ3v) is 5.52. The average Bonchev–Trinajstić information content (AvgIpc) is 3.56. The molecule has 0 radical (unpaired) electrons. The molecule has 1 atom stereocenters. The van der Waals surface area contributed by atoms with Gasteiger partial charge >= 0.3 is 24.3 Å². The molecule has 0 spiro atoms. The normalized spacial score (nSPS) is 17.2. The van der Waals surface area contributed by atoms with Crippen molar-refractivity contribution in [3.05, 3.63) is 41.9 Å². The molecule has 39 heavy (non-hydrogen) atoms. The minimum atomic E-state index is -5.08. The van der Waals surface area contributed by atoms with E-state index in [4.69, 9.17) is 29.3 Å². The van der Waals surface area contributed by atoms with Gasteiger partial charge in [0.2, 0.25) is 5.88 Å². The van der Waals surface area contributed by atoms with E-state index in [1.165, 1.54) is 18.5 Å². The van der Waals surface area contributed by atoms with E-state index in [2.05, 4.69) is 31.8 Å². The quantitative estimate of drug-likeness (QED) is 0.359. The molecule has 1 aliphatic carbocycles. The highest BCUT2D eigenvalue weighted by Gasteiger charge is 2.39. The third-order valence-electron chi connectivity index (χ3n) is 5.52. The van der Waals surface area contributed by atoms with E-state index in [1.807, 2.05) is 12.3 Å². The highest BCUT2D eigenvalue weighted by molar-refractivity contribution is 5.73. The van der Waals surface area contributed by atoms with Crippen LogP contribution >= 0.6 is 0 Å². The van der Waals surface area contributed by atoms with Crippen molar-refractivity contribution in [2.75, 3.05) is 26.9 Å². The van der Waals surface area contributed by atoms with Crippen molar-refractivity contribution in [2.24, 2.45) is 5.92 Å². The van der Waals surface area contributed by atoms with E-state index in [-0.39, 0.29) is 0 Å². The number of fused-ring (bicyclic) bond motifs is 1. The number of aromatic nitrogens is 3. The maximum absolute atomic E-state index is 10.6. The lowest BCUT2D eigenvalue weighted by atomic mass is 10.1. The Hall–Kier alpha value is -3.40. The van der Waals surface area contributed by atoms with Crippen LogP contribution in [-0.2, 0) is 27.4 Å². The lowest BCUT2D eigenvalue weighted by Crippen LogP contribution is -2.37. The van der Waals surface area contributed by atoms with Crippen molar-refractivity contribution in [1.82, 2.24) is 19.7 Å². The summed E-state index contributed by atoms with van der Waals surface area (Å²) in [4.78, 5) is 24.6. The van der Waals surface area contributed by atoms with Crippen LogP contribution in [0.1, 0.15) is 36.6 Å². The summed E-state index contributed by atoms with van der Waals surface area (Å²) in [6.07, 6.45) is -2.81. The van der Waals surface area contributed by atoms with Crippen molar-refractivity contribution in [1.29, 1.82) is 0 Å². The summed E-state index contributed by atoms with van der Waals surface area (Å²) in [5, 5.41) is 18.8. The maximum atomic E-state index is 10.6. The summed E-state index contributed by atoms with van der Waals surface area (Å²) in [5.41, 5.74) is 2.39. The zero-order valence-electron chi connectivity index (χ0n) is 20.8. The van der Waals surface area contributed by atoms with Gasteiger partial charge in [0.05, 0.1) is 18.8 Å². The molecule has 4 rings (SSSR count). The number of carboxylic acid groups (broad SMARTS) is 2. The van der Waals surface area contributed by atoms with Crippen molar-refractivity contribution >= 4 is 11.9 Å². The van der Waals surface area contributed by atoms with Crippen LogP contribution in [0.25, 0.3) is 0 Å². The molecule has 1 saturated carbocycles. The number of carbonyl (C=O) groups is 2. The zero-order chi connectivity index (χ0) is 29.2. The molecule has 0 aromatic carbocycles. The minimum Gasteiger partial charge on any atom is -0.481 e. The van der Waals surface area contributed by atoms with Crippen molar-refractivity contribution in [3.63, 3.8) is 0 Å². The summed E-state index contributed by atoms with van der Waals surface area (Å²) in [5.74, 6) is -3.98. The highest BCUT2D eigenvalue weighted by Crippen LogP contribution is 2.30. The number of carboxylic acids is 2. The largest absolute Gasteiger partial charge is 0.490 e. The molecule has 2 aliphatic rings. The number of nitrogens with zero attached hydrogens (tertiary/aromatic N) is 4. The molecule has 0 bridgehead atoms. The van der Waals surface area contributed by atoms with E-state index in [0.29, 0.717) is 11.9 Å². The van der Waals surface area contributed by atoms with Gasteiger partial charge in [0, 0.05) is 50.8 Å². The lowest BCUT2D eigenvalue weighted by molar-refractivity contribution is -0.193. The van der Waals surface area contributed by atoms with Crippen LogP contribution in [0.4, 0.5) is 26.3 Å². The van der Waals surface area contributed by atoms with Gasteiger partial charge in [0.1, 0.15) is 0 Å². The van der Waals surface area contributed by atoms with Gasteiger partial charge in [-0.1, -0.05) is 6.07 Å². The number of alkyl halides is 6. The van der Waals surface area contributed by atoms with Gasteiger partial charge in [-0.3, -0.25) is 9.58 Å². The van der Waals surface area contributed by atoms with Gasteiger partial charge in [0.15, 0.2) is 0 Å². The van der Waals surface area contributed by atoms with Crippen LogP contribution in [0.5, 0.6) is 5.88 Å². The van der Waals surface area contributed by atoms with E-state index in [0.717, 1.165) is 50.8 Å². The smallest absolute Gasteiger partial charge is 0.481 e. The van der Waals surface area contributed by atoms with E-state index < -0.39 is 24.3 Å². The van der Waals surface area contributed by atoms with Gasteiger partial charge in [-0.2, -0.15) is 31.4 Å². The summed E-state index contributed by atoms with van der Waals surface area (Å²) >= 11 is 0. The first-order valence-electron chi connectivity index (χ1n) is 11.6. The van der Waals surface area contributed by atoms with Gasteiger partial charge in [-0.15, -0.1) is 0 Å². The number of methoxy groups -OCH3 is 1. The molecule has 0 amide bonds. The van der Waals surface area contributed by atoms with Gasteiger partial charge in [-0.25, -0.2) is 14.6 Å². The summed E-state index contributed by atoms with van der Waals surface area (Å²) in [6.45, 7) is 4.44. The first-order chi connectivity index (χ1) is 18.2. The molecule has 2 aromatic heterocycles. The maximum Gasteiger partial charge on any atom is 0.490 e. The second-order valence-corrected chi connectivity index (χ2v) is 8.68. The van der Waals surface area contributed by atoms with Crippen LogP contribution in [-0.4, -0.2) is 81.0 Å². The van der Waals surface area contributed by atoms with E-state index >= 15 is 0 Å². The Labute approximate surface area is 219 Å². The number of hydrogen-bond acceptors (Lipinski definition) is 7. The number of halogens is 6. The average molecular weight is 570 g/mol. The summed E-state index contributed by atoms with van der Waals surface area (Å²) in [6, 6.07) is 6.53. The minimum absolute atomic E-state index is 0.362. The Bertz CT molecular complexity index is 1050. The van der Waals surface area contributed by atoms with Crippen molar-refractivity contribution in [2.45, 2.75) is 50.7 Å². The zero-order valence-corrected chi connectivity index (χ0v) is 20.8. The van der Waals surface area contributed by atoms with Crippen LogP contribution in [0.3, 0.4) is 0 Å². The molecule has 2 aromatic rings. The molecule has 10 nitrogen and oxygen atoms in total. The Morgan fingerprint density at radius 2 is 1.67 bits per heavy atom. The second-order valence-electron chi connectivity index (χ2n) is 8.68. The predicted molar refractivity (Wildman–Crippen MR) is 122 cm³/mol. The standard InChI is InChI=1S/C19H26N4O2.2C2HF3O2/c1-24-19-16(3-2-8-20-19)11-22-12-17-6-9-21-23(17)18(13-22)7-10-25-14-15-4-5-15;2*3-2(4,5)1(6)7/h2-3,6,8-9,15,18H,4-5,7,10-14H2,1H3;2*(H,6,7). The number of hydrogen-bond donors (Lipinski definition) is 2. The van der Waals surface area contributed by atoms with E-state index in [1.54, 1.807) is 13.3 Å². The Morgan fingerprint density at radius 3 is 2.21 bits per heavy atom. The molecule has 1 aliphatic heterocycles. The molecular weight excluding hydrogens is 542 g/mol. The number of ether oxygens (including phenoxy) is 2. The molecule has 1 unspecified atom stereocenters. The van der Waals surface area contributed by atoms with Crippen LogP contribution in [0, 0.1) is 5.92 Å². The molecule has 0 saturated heterocycles. The first kappa shape index (κ1) is 31.8. The molecule has 1 fully saturated rings. The Morgan fingerprint density at radius 1 is 1.05 bits per heavy atom. The van der Waals surface area contributed by atoms with Crippen LogP contribution < -0.4 is 4.74 Å². The highest BCUT2D eigenvalue weighted by atomic mass is 19.4. The van der Waals surface area contributed by atoms with Crippen molar-refractivity contribution in [3.8, 4) is 5.88 Å². The van der Waals surface area contributed by atoms with Crippen LogP contribution in [0.15, 0.2) is 30.6 Å². The SMILES string of the molecule is COc1ncccc1CN1Cc2ccnn2C(CCOCC2CC2)C1.O=C(O)C(F)(F)F.O=C(O)C(F)(F)F. The lowest BCUT2D eigenvalue weighted by Gasteiger charge is -2.34.